The molecule has 0 bridgehead atoms. The molecular formula is C30H38N8O3S. The maximum absolute atomic E-state index is 13.6. The Bertz CT molecular complexity index is 1570. The lowest BCUT2D eigenvalue weighted by atomic mass is 9.73. The Balaban J connectivity index is 1.27. The number of fused-ring (bicyclic) bond motifs is 2. The van der Waals surface area contributed by atoms with Crippen LogP contribution in [0.25, 0.3) is 0 Å². The van der Waals surface area contributed by atoms with Gasteiger partial charge in [0.2, 0.25) is 0 Å². The van der Waals surface area contributed by atoms with Crippen LogP contribution in [0.5, 0.6) is 0 Å². The van der Waals surface area contributed by atoms with E-state index in [0.717, 1.165) is 32.2 Å². The topological polar surface area (TPSA) is 139 Å². The Kier molecular flexibility index (Phi) is 7.17. The van der Waals surface area contributed by atoms with Gasteiger partial charge in [-0.2, -0.15) is 5.10 Å². The Hall–Kier alpha value is -3.64. The lowest BCUT2D eigenvalue weighted by Crippen LogP contribution is -2.48. The number of aromatic nitrogens is 4. The smallest absolute Gasteiger partial charge is 0.279 e. The molecule has 1 saturated heterocycles. The van der Waals surface area contributed by atoms with Crippen molar-refractivity contribution in [3.05, 3.63) is 64.7 Å². The van der Waals surface area contributed by atoms with E-state index in [2.05, 4.69) is 37.9 Å². The van der Waals surface area contributed by atoms with Crippen LogP contribution >= 0.6 is 0 Å². The van der Waals surface area contributed by atoms with Crippen LogP contribution < -0.4 is 20.3 Å². The van der Waals surface area contributed by atoms with Crippen molar-refractivity contribution in [1.82, 2.24) is 24.5 Å². The first-order valence-electron chi connectivity index (χ1n) is 14.5. The molecule has 0 radical (unpaired) electrons. The van der Waals surface area contributed by atoms with Gasteiger partial charge in [-0.05, 0) is 69.9 Å². The molecule has 1 unspecified atom stereocenters. The highest BCUT2D eigenvalue weighted by molar-refractivity contribution is 7.84. The highest BCUT2D eigenvalue weighted by Gasteiger charge is 2.49. The fourth-order valence-corrected chi connectivity index (χ4v) is 7.48. The summed E-state index contributed by atoms with van der Waals surface area (Å²) in [4.78, 5) is 39.2. The van der Waals surface area contributed by atoms with Gasteiger partial charge in [0.05, 0.1) is 33.7 Å². The van der Waals surface area contributed by atoms with Crippen molar-refractivity contribution < 1.29 is 13.8 Å². The lowest BCUT2D eigenvalue weighted by Gasteiger charge is -2.44. The van der Waals surface area contributed by atoms with Crippen LogP contribution in [0.1, 0.15) is 83.9 Å². The molecule has 6 rings (SSSR count). The molecular weight excluding hydrogens is 552 g/mol. The number of rotatable bonds is 5. The van der Waals surface area contributed by atoms with Gasteiger partial charge in [0.25, 0.3) is 11.8 Å². The minimum Gasteiger partial charge on any atom is -0.364 e. The molecule has 1 aromatic carbocycles. The molecule has 2 atom stereocenters. The summed E-state index contributed by atoms with van der Waals surface area (Å²) < 4.78 is 18.1. The second-order valence-electron chi connectivity index (χ2n) is 12.6. The molecule has 0 saturated carbocycles. The van der Waals surface area contributed by atoms with E-state index in [0.29, 0.717) is 37.0 Å². The van der Waals surface area contributed by atoms with Crippen LogP contribution in [0, 0.1) is 12.3 Å². The van der Waals surface area contributed by atoms with Crippen LogP contribution in [0.3, 0.4) is 0 Å². The molecule has 1 fully saturated rings. The molecule has 2 amide bonds. The quantitative estimate of drug-likeness (QED) is 0.466. The van der Waals surface area contributed by atoms with Gasteiger partial charge in [-0.15, -0.1) is 0 Å². The standard InChI is InChI=1S/C30H38N8O3S/c1-19-23(28(40)37-14-7-15-38-22(37)10-13-32-38)34-24(26(31)39)27(33-19)36-16-11-30(12-17-36)18-20-8-5-6-9-21(20)25(30)35-42(41)29(2,3)4/h5-6,8-10,13,25,35H,7,11-12,14-18H2,1-4H3,(H2,31,39)/t25?,42-/m1/s1. The summed E-state index contributed by atoms with van der Waals surface area (Å²) in [7, 11) is -1.23. The van der Waals surface area contributed by atoms with Gasteiger partial charge >= 0.3 is 0 Å². The third-order valence-electron chi connectivity index (χ3n) is 8.82. The minimum absolute atomic E-state index is 0.00337. The predicted octanol–water partition coefficient (Wildman–Crippen LogP) is 3.07. The number of nitrogens with two attached hydrogens (primary N) is 1. The summed E-state index contributed by atoms with van der Waals surface area (Å²) in [5.74, 6) is 0.0708. The lowest BCUT2D eigenvalue weighted by molar-refractivity contribution is 0.0974. The van der Waals surface area contributed by atoms with Crippen LogP contribution in [-0.4, -0.2) is 60.2 Å². The Morgan fingerprint density at radius 3 is 2.50 bits per heavy atom. The maximum atomic E-state index is 13.6. The predicted molar refractivity (Wildman–Crippen MR) is 162 cm³/mol. The summed E-state index contributed by atoms with van der Waals surface area (Å²) in [6, 6.07) is 10.2. The number of hydrogen-bond donors (Lipinski definition) is 2. The number of amides is 2. The van der Waals surface area contributed by atoms with E-state index >= 15 is 0 Å². The number of nitrogens with zero attached hydrogens (tertiary/aromatic N) is 6. The molecule has 3 aromatic rings. The normalized spacial score (nSPS) is 20.3. The van der Waals surface area contributed by atoms with E-state index in [1.807, 2.05) is 26.8 Å². The first-order valence-corrected chi connectivity index (χ1v) is 15.7. The van der Waals surface area contributed by atoms with Crippen molar-refractivity contribution in [2.45, 2.75) is 70.7 Å². The molecule has 3 N–H and O–H groups in total. The third kappa shape index (κ3) is 4.90. The number of benzene rings is 1. The van der Waals surface area contributed by atoms with E-state index in [1.165, 1.54) is 11.1 Å². The summed E-state index contributed by atoms with van der Waals surface area (Å²) in [6.07, 6.45) is 4.94. The number of nitrogens with one attached hydrogen (secondary N) is 1. The first kappa shape index (κ1) is 28.5. The monoisotopic (exact) mass is 590 g/mol. The number of hydrogen-bond acceptors (Lipinski definition) is 7. The summed E-state index contributed by atoms with van der Waals surface area (Å²) in [5.41, 5.74) is 8.76. The molecule has 1 aliphatic carbocycles. The average Bonchev–Trinajstić information content (AvgIpc) is 3.55. The molecule has 42 heavy (non-hydrogen) atoms. The Labute approximate surface area is 248 Å². The van der Waals surface area contributed by atoms with Crippen molar-refractivity contribution in [1.29, 1.82) is 0 Å². The van der Waals surface area contributed by atoms with E-state index in [4.69, 9.17) is 10.7 Å². The van der Waals surface area contributed by atoms with E-state index in [-0.39, 0.29) is 28.8 Å². The zero-order valence-electron chi connectivity index (χ0n) is 24.6. The molecule has 4 heterocycles. The largest absolute Gasteiger partial charge is 0.364 e. The Morgan fingerprint density at radius 1 is 1.05 bits per heavy atom. The van der Waals surface area contributed by atoms with Gasteiger partial charge in [-0.1, -0.05) is 24.3 Å². The van der Waals surface area contributed by atoms with Gasteiger partial charge in [-0.25, -0.2) is 23.6 Å². The zero-order valence-corrected chi connectivity index (χ0v) is 25.4. The van der Waals surface area contributed by atoms with Gasteiger partial charge in [0, 0.05) is 32.2 Å². The number of primary amides is 1. The van der Waals surface area contributed by atoms with Crippen molar-refractivity contribution in [3.63, 3.8) is 0 Å². The summed E-state index contributed by atoms with van der Waals surface area (Å²) in [5, 5.41) is 4.29. The van der Waals surface area contributed by atoms with E-state index in [9.17, 15) is 13.8 Å². The molecule has 11 nitrogen and oxygen atoms in total. The van der Waals surface area contributed by atoms with Crippen LogP contribution in [0.4, 0.5) is 11.6 Å². The fourth-order valence-electron chi connectivity index (χ4n) is 6.54. The van der Waals surface area contributed by atoms with Crippen molar-refractivity contribution in [2.75, 3.05) is 29.4 Å². The van der Waals surface area contributed by atoms with Crippen molar-refractivity contribution in [2.24, 2.45) is 11.1 Å². The zero-order chi connectivity index (χ0) is 29.8. The minimum atomic E-state index is -1.23. The van der Waals surface area contributed by atoms with Crippen molar-refractivity contribution >= 4 is 34.4 Å². The number of piperidine rings is 1. The molecule has 2 aromatic heterocycles. The second-order valence-corrected chi connectivity index (χ2v) is 14.6. The number of aryl methyl sites for hydroxylation is 2. The molecule has 222 valence electrons. The SMILES string of the molecule is Cc1nc(N2CCC3(CC2)Cc2ccccc2C3N[S@](=O)C(C)(C)C)c(C(N)=O)nc1C(=O)N1CCCn2nccc21. The van der Waals surface area contributed by atoms with Crippen LogP contribution in [0.15, 0.2) is 36.5 Å². The van der Waals surface area contributed by atoms with E-state index in [1.54, 1.807) is 28.8 Å². The van der Waals surface area contributed by atoms with Crippen LogP contribution in [0.2, 0.25) is 0 Å². The maximum Gasteiger partial charge on any atom is 0.279 e. The number of carbonyl (C=O) groups is 2. The molecule has 2 aliphatic heterocycles. The summed E-state index contributed by atoms with van der Waals surface area (Å²) >= 11 is 0. The van der Waals surface area contributed by atoms with Crippen molar-refractivity contribution in [3.8, 4) is 0 Å². The average molecular weight is 591 g/mol. The second kappa shape index (κ2) is 10.6. The molecule has 1 spiro atoms. The van der Waals surface area contributed by atoms with Gasteiger partial charge in [-0.3, -0.25) is 14.5 Å². The number of carbonyl (C=O) groups excluding carboxylic acids is 2. The highest BCUT2D eigenvalue weighted by atomic mass is 32.2. The van der Waals surface area contributed by atoms with Gasteiger partial charge < -0.3 is 10.6 Å². The third-order valence-corrected chi connectivity index (χ3v) is 10.4. The van der Waals surface area contributed by atoms with Gasteiger partial charge in [0.15, 0.2) is 17.2 Å². The highest BCUT2D eigenvalue weighted by Crippen LogP contribution is 2.52. The summed E-state index contributed by atoms with van der Waals surface area (Å²) in [6.45, 7) is 10.2. The Morgan fingerprint density at radius 2 is 1.79 bits per heavy atom. The first-order chi connectivity index (χ1) is 20.0. The number of anilines is 2. The van der Waals surface area contributed by atoms with E-state index < -0.39 is 21.6 Å². The molecule has 12 heteroatoms. The fraction of sp³-hybridized carbons (Fsp3) is 0.500. The molecule has 3 aliphatic rings. The van der Waals surface area contributed by atoms with Gasteiger partial charge in [0.1, 0.15) is 5.82 Å². The van der Waals surface area contributed by atoms with Crippen LogP contribution in [-0.2, 0) is 24.0 Å².